The van der Waals surface area contributed by atoms with Crippen molar-refractivity contribution in [3.8, 4) is 11.4 Å². The van der Waals surface area contributed by atoms with Crippen LogP contribution in [0.2, 0.25) is 0 Å². The molecule has 0 aliphatic rings. The number of hydrogen-bond donors (Lipinski definition) is 1. The summed E-state index contributed by atoms with van der Waals surface area (Å²) >= 11 is 1.57. The zero-order valence-corrected chi connectivity index (χ0v) is 12.2. The number of thioether (sulfide) groups is 1. The van der Waals surface area contributed by atoms with Crippen LogP contribution in [0.5, 0.6) is 0 Å². The second kappa shape index (κ2) is 6.70. The predicted molar refractivity (Wildman–Crippen MR) is 79.1 cm³/mol. The van der Waals surface area contributed by atoms with Crippen LogP contribution < -0.4 is 0 Å². The Morgan fingerprint density at radius 2 is 2.05 bits per heavy atom. The minimum absolute atomic E-state index is 0.359. The number of nitrogens with one attached hydrogen (secondary N) is 1. The molecule has 1 aromatic carbocycles. The highest BCUT2D eigenvalue weighted by atomic mass is 32.2. The van der Waals surface area contributed by atoms with Gasteiger partial charge in [0.05, 0.1) is 0 Å². The average molecular weight is 294 g/mol. The second-order valence-corrected chi connectivity index (χ2v) is 5.64. The maximum absolute atomic E-state index is 12.0. The van der Waals surface area contributed by atoms with Gasteiger partial charge in [0, 0.05) is 28.6 Å². The molecule has 1 aromatic heterocycles. The van der Waals surface area contributed by atoms with Crippen molar-refractivity contribution in [2.75, 3.05) is 5.75 Å². The third kappa shape index (κ3) is 3.70. The van der Waals surface area contributed by atoms with Crippen molar-refractivity contribution >= 4 is 11.8 Å². The van der Waals surface area contributed by atoms with E-state index in [9.17, 15) is 8.78 Å². The van der Waals surface area contributed by atoms with Crippen LogP contribution in [0.3, 0.4) is 0 Å². The van der Waals surface area contributed by atoms with Crippen molar-refractivity contribution < 1.29 is 8.78 Å². The molecule has 0 fully saturated rings. The first kappa shape index (κ1) is 14.8. The molecule has 1 N–H and O–H groups in total. The predicted octanol–water partition coefficient (Wildman–Crippen LogP) is 4.96. The summed E-state index contributed by atoms with van der Waals surface area (Å²) < 4.78 is 24.0. The quantitative estimate of drug-likeness (QED) is 0.624. The molecule has 0 bridgehead atoms. The molecule has 2 nitrogen and oxygen atoms in total. The van der Waals surface area contributed by atoms with Crippen LogP contribution in [-0.2, 0) is 0 Å². The molecule has 0 aliphatic heterocycles. The van der Waals surface area contributed by atoms with Crippen molar-refractivity contribution in [1.82, 2.24) is 9.97 Å². The molecule has 0 unspecified atom stereocenters. The number of nitrogens with zero attached hydrogens (tertiary/aromatic N) is 1. The fraction of sp³-hybridized carbons (Fsp3) is 0.267. The van der Waals surface area contributed by atoms with E-state index in [-0.39, 0.29) is 0 Å². The van der Waals surface area contributed by atoms with Gasteiger partial charge in [0.2, 0.25) is 0 Å². The summed E-state index contributed by atoms with van der Waals surface area (Å²) in [5.74, 6) is 1.43. The molecule has 20 heavy (non-hydrogen) atoms. The van der Waals surface area contributed by atoms with Gasteiger partial charge in [-0.1, -0.05) is 0 Å². The van der Waals surface area contributed by atoms with Gasteiger partial charge < -0.3 is 4.98 Å². The number of halogens is 2. The Bertz CT molecular complexity index is 603. The Labute approximate surface area is 121 Å². The molecule has 0 saturated heterocycles. The minimum atomic E-state index is -1.61. The monoisotopic (exact) mass is 294 g/mol. The third-order valence-electron chi connectivity index (χ3n) is 3.02. The lowest BCUT2D eigenvalue weighted by Crippen LogP contribution is -1.91. The van der Waals surface area contributed by atoms with E-state index in [0.717, 1.165) is 22.4 Å². The molecule has 2 aromatic rings. The fourth-order valence-corrected chi connectivity index (χ4v) is 2.87. The number of aryl methyl sites for hydroxylation is 2. The van der Waals surface area contributed by atoms with Crippen LogP contribution >= 0.6 is 11.8 Å². The Balaban J connectivity index is 2.22. The number of aromatic nitrogens is 2. The number of hydrogen-bond acceptors (Lipinski definition) is 2. The molecule has 0 aliphatic carbocycles. The summed E-state index contributed by atoms with van der Waals surface area (Å²) in [7, 11) is 0. The summed E-state index contributed by atoms with van der Waals surface area (Å²) in [5.41, 5.74) is 3.40. The van der Waals surface area contributed by atoms with Crippen LogP contribution in [-0.4, -0.2) is 15.7 Å². The van der Waals surface area contributed by atoms with Crippen molar-refractivity contribution in [3.05, 3.63) is 47.8 Å². The third-order valence-corrected chi connectivity index (χ3v) is 4.11. The molecule has 0 atom stereocenters. The molecule has 0 spiro atoms. The summed E-state index contributed by atoms with van der Waals surface area (Å²) in [4.78, 5) is 8.43. The van der Waals surface area contributed by atoms with Gasteiger partial charge in [0.1, 0.15) is 5.82 Å². The Morgan fingerprint density at radius 1 is 1.30 bits per heavy atom. The average Bonchev–Trinajstić information content (AvgIpc) is 2.92. The van der Waals surface area contributed by atoms with E-state index in [4.69, 9.17) is 0 Å². The maximum atomic E-state index is 12.0. The molecular formula is C15H16F2N2S. The first-order valence-electron chi connectivity index (χ1n) is 6.33. The van der Waals surface area contributed by atoms with E-state index in [1.807, 2.05) is 6.92 Å². The Morgan fingerprint density at radius 3 is 2.70 bits per heavy atom. The van der Waals surface area contributed by atoms with Gasteiger partial charge in [-0.15, -0.1) is 11.8 Å². The van der Waals surface area contributed by atoms with E-state index in [1.54, 1.807) is 24.2 Å². The SMILES string of the molecule is Cc1cc(SCCC=C(F)F)c(-c2ncc[nH]2)cc1C. The smallest absolute Gasteiger partial charge is 0.266 e. The number of H-pyrrole nitrogens is 1. The normalized spacial score (nSPS) is 10.6. The standard InChI is InChI=1S/C15H16F2N2S/c1-10-8-12(15-18-5-6-19-15)13(9-11(10)2)20-7-3-4-14(16)17/h4-6,8-9H,3,7H2,1-2H3,(H,18,19). The number of aromatic amines is 1. The molecule has 0 radical (unpaired) electrons. The topological polar surface area (TPSA) is 28.7 Å². The second-order valence-electron chi connectivity index (χ2n) is 4.50. The largest absolute Gasteiger partial charge is 0.345 e. The first-order valence-corrected chi connectivity index (χ1v) is 7.31. The number of benzene rings is 1. The van der Waals surface area contributed by atoms with Crippen molar-refractivity contribution in [2.45, 2.75) is 25.2 Å². The number of imidazole rings is 1. The van der Waals surface area contributed by atoms with Crippen molar-refractivity contribution in [1.29, 1.82) is 0 Å². The zero-order valence-electron chi connectivity index (χ0n) is 11.4. The van der Waals surface area contributed by atoms with Crippen LogP contribution in [0, 0.1) is 13.8 Å². The van der Waals surface area contributed by atoms with E-state index in [1.165, 1.54) is 11.1 Å². The van der Waals surface area contributed by atoms with Gasteiger partial charge >= 0.3 is 0 Å². The van der Waals surface area contributed by atoms with Gasteiger partial charge in [0.25, 0.3) is 6.08 Å². The van der Waals surface area contributed by atoms with Gasteiger partial charge in [-0.25, -0.2) is 4.98 Å². The van der Waals surface area contributed by atoms with Crippen LogP contribution in [0.15, 0.2) is 41.6 Å². The van der Waals surface area contributed by atoms with Gasteiger partial charge in [-0.2, -0.15) is 8.78 Å². The molecule has 2 rings (SSSR count). The highest BCUT2D eigenvalue weighted by Crippen LogP contribution is 2.32. The van der Waals surface area contributed by atoms with E-state index < -0.39 is 6.08 Å². The van der Waals surface area contributed by atoms with E-state index in [2.05, 4.69) is 29.0 Å². The zero-order chi connectivity index (χ0) is 14.5. The molecule has 5 heteroatoms. The summed E-state index contributed by atoms with van der Waals surface area (Å²) in [6.07, 6.45) is 3.19. The Hall–Kier alpha value is -1.62. The molecular weight excluding hydrogens is 278 g/mol. The lowest BCUT2D eigenvalue weighted by atomic mass is 10.1. The molecule has 1 heterocycles. The van der Waals surface area contributed by atoms with E-state index in [0.29, 0.717) is 12.2 Å². The fourth-order valence-electron chi connectivity index (χ4n) is 1.84. The summed E-state index contributed by atoms with van der Waals surface area (Å²) in [6.45, 7) is 4.10. The lowest BCUT2D eigenvalue weighted by molar-refractivity contribution is 0.418. The van der Waals surface area contributed by atoms with Crippen molar-refractivity contribution in [2.24, 2.45) is 0 Å². The van der Waals surface area contributed by atoms with Crippen molar-refractivity contribution in [3.63, 3.8) is 0 Å². The molecule has 106 valence electrons. The first-order chi connectivity index (χ1) is 9.58. The van der Waals surface area contributed by atoms with Crippen LogP contribution in [0.1, 0.15) is 17.5 Å². The Kier molecular flexibility index (Phi) is 4.95. The van der Waals surface area contributed by atoms with Gasteiger partial charge in [-0.05, 0) is 49.6 Å². The van der Waals surface area contributed by atoms with Gasteiger partial charge in [0.15, 0.2) is 0 Å². The highest BCUT2D eigenvalue weighted by Gasteiger charge is 2.10. The number of rotatable bonds is 5. The van der Waals surface area contributed by atoms with Crippen LogP contribution in [0.4, 0.5) is 8.78 Å². The summed E-state index contributed by atoms with van der Waals surface area (Å²) in [6, 6.07) is 4.18. The highest BCUT2D eigenvalue weighted by molar-refractivity contribution is 7.99. The lowest BCUT2D eigenvalue weighted by Gasteiger charge is -2.10. The maximum Gasteiger partial charge on any atom is 0.266 e. The minimum Gasteiger partial charge on any atom is -0.345 e. The molecule has 0 amide bonds. The molecule has 0 saturated carbocycles. The van der Waals surface area contributed by atoms with Gasteiger partial charge in [-0.3, -0.25) is 0 Å². The van der Waals surface area contributed by atoms with Crippen LogP contribution in [0.25, 0.3) is 11.4 Å². The summed E-state index contributed by atoms with van der Waals surface area (Å²) in [5, 5.41) is 0. The number of allylic oxidation sites excluding steroid dienone is 1. The van der Waals surface area contributed by atoms with E-state index >= 15 is 0 Å².